The molecule has 3 rings (SSSR count). The van der Waals surface area contributed by atoms with E-state index in [0.29, 0.717) is 5.56 Å². The Labute approximate surface area is 136 Å². The van der Waals surface area contributed by atoms with Crippen molar-refractivity contribution in [2.75, 3.05) is 19.3 Å². The fourth-order valence-corrected chi connectivity index (χ4v) is 5.60. The second kappa shape index (κ2) is 6.32. The molecular weight excluding hydrogens is 318 g/mol. The molecule has 0 unspecified atom stereocenters. The van der Waals surface area contributed by atoms with Gasteiger partial charge in [-0.15, -0.1) is 11.3 Å². The van der Waals surface area contributed by atoms with Crippen LogP contribution in [0.4, 0.5) is 0 Å². The van der Waals surface area contributed by atoms with E-state index in [1.165, 1.54) is 38.0 Å². The lowest BCUT2D eigenvalue weighted by Crippen LogP contribution is -2.39. The first kappa shape index (κ1) is 16.0. The molecule has 1 saturated heterocycles. The standard InChI is InChI=1S/C16H23NO3S2/c1-22(19,20)15-10-14(11-21-15)16(18)17-8-6-13(7-9-17)12-4-2-3-5-12/h10-13H,2-9H2,1H3. The van der Waals surface area contributed by atoms with Gasteiger partial charge in [0, 0.05) is 24.7 Å². The van der Waals surface area contributed by atoms with Gasteiger partial charge in [0.25, 0.3) is 5.91 Å². The Morgan fingerprint density at radius 3 is 2.27 bits per heavy atom. The van der Waals surface area contributed by atoms with E-state index in [-0.39, 0.29) is 10.1 Å². The minimum absolute atomic E-state index is 0.0176. The molecule has 2 fully saturated rings. The van der Waals surface area contributed by atoms with Crippen molar-refractivity contribution in [3.63, 3.8) is 0 Å². The minimum atomic E-state index is -3.22. The number of carbonyl (C=O) groups excluding carboxylic acids is 1. The lowest BCUT2D eigenvalue weighted by molar-refractivity contribution is 0.0659. The van der Waals surface area contributed by atoms with Gasteiger partial charge in [-0.1, -0.05) is 25.7 Å². The first-order valence-corrected chi connectivity index (χ1v) is 10.8. The zero-order valence-corrected chi connectivity index (χ0v) is 14.6. The Kier molecular flexibility index (Phi) is 4.59. The monoisotopic (exact) mass is 341 g/mol. The molecule has 0 bridgehead atoms. The number of nitrogens with zero attached hydrogens (tertiary/aromatic N) is 1. The highest BCUT2D eigenvalue weighted by Crippen LogP contribution is 2.37. The zero-order valence-electron chi connectivity index (χ0n) is 13.0. The number of sulfone groups is 1. The third-order valence-electron chi connectivity index (χ3n) is 5.08. The predicted octanol–water partition coefficient (Wildman–Crippen LogP) is 3.19. The highest BCUT2D eigenvalue weighted by atomic mass is 32.2. The zero-order chi connectivity index (χ0) is 15.7. The van der Waals surface area contributed by atoms with Crippen molar-refractivity contribution in [3.8, 4) is 0 Å². The number of rotatable bonds is 3. The SMILES string of the molecule is CS(=O)(=O)c1cc(C(=O)N2CCC(C3CCCC3)CC2)cs1. The molecule has 0 spiro atoms. The first-order valence-electron chi connectivity index (χ1n) is 8.03. The van der Waals surface area contributed by atoms with Crippen molar-refractivity contribution in [1.29, 1.82) is 0 Å². The van der Waals surface area contributed by atoms with Crippen LogP contribution in [0.5, 0.6) is 0 Å². The van der Waals surface area contributed by atoms with Crippen LogP contribution in [0, 0.1) is 11.8 Å². The molecule has 0 atom stereocenters. The molecule has 22 heavy (non-hydrogen) atoms. The van der Waals surface area contributed by atoms with Crippen LogP contribution >= 0.6 is 11.3 Å². The lowest BCUT2D eigenvalue weighted by atomic mass is 9.83. The largest absolute Gasteiger partial charge is 0.339 e. The van der Waals surface area contributed by atoms with Gasteiger partial charge in [0.1, 0.15) is 4.21 Å². The van der Waals surface area contributed by atoms with E-state index in [4.69, 9.17) is 0 Å². The van der Waals surface area contributed by atoms with Crippen LogP contribution in [0.1, 0.15) is 48.9 Å². The lowest BCUT2D eigenvalue weighted by Gasteiger charge is -2.34. The van der Waals surface area contributed by atoms with E-state index in [9.17, 15) is 13.2 Å². The number of hydrogen-bond donors (Lipinski definition) is 0. The van der Waals surface area contributed by atoms with Crippen LogP contribution in [0.3, 0.4) is 0 Å². The summed E-state index contributed by atoms with van der Waals surface area (Å²) in [7, 11) is -3.22. The van der Waals surface area contributed by atoms with Crippen LogP contribution in [0.25, 0.3) is 0 Å². The molecule has 1 saturated carbocycles. The highest BCUT2D eigenvalue weighted by molar-refractivity contribution is 7.92. The molecule has 0 aromatic carbocycles. The van der Waals surface area contributed by atoms with E-state index >= 15 is 0 Å². The van der Waals surface area contributed by atoms with Crippen LogP contribution in [-0.2, 0) is 9.84 Å². The second-order valence-corrected chi connectivity index (χ2v) is 9.75. The molecule has 1 aliphatic heterocycles. The van der Waals surface area contributed by atoms with E-state index in [1.54, 1.807) is 5.38 Å². The van der Waals surface area contributed by atoms with Crippen LogP contribution in [0.15, 0.2) is 15.7 Å². The van der Waals surface area contributed by atoms with Crippen molar-refractivity contribution >= 4 is 27.1 Å². The number of likely N-dealkylation sites (tertiary alicyclic amines) is 1. The average Bonchev–Trinajstić information content (AvgIpc) is 3.17. The molecule has 0 radical (unpaired) electrons. The maximum atomic E-state index is 12.5. The van der Waals surface area contributed by atoms with Gasteiger partial charge in [0.2, 0.25) is 0 Å². The topological polar surface area (TPSA) is 54.5 Å². The fraction of sp³-hybridized carbons (Fsp3) is 0.688. The van der Waals surface area contributed by atoms with Gasteiger partial charge >= 0.3 is 0 Å². The van der Waals surface area contributed by atoms with Gasteiger partial charge < -0.3 is 4.90 Å². The van der Waals surface area contributed by atoms with E-state index < -0.39 is 9.84 Å². The Balaban J connectivity index is 1.61. The van der Waals surface area contributed by atoms with Gasteiger partial charge in [-0.25, -0.2) is 8.42 Å². The molecule has 4 nitrogen and oxygen atoms in total. The summed E-state index contributed by atoms with van der Waals surface area (Å²) < 4.78 is 23.3. The average molecular weight is 341 g/mol. The van der Waals surface area contributed by atoms with Crippen molar-refractivity contribution in [2.24, 2.45) is 11.8 Å². The van der Waals surface area contributed by atoms with Crippen molar-refractivity contribution in [3.05, 3.63) is 17.0 Å². The molecule has 0 N–H and O–H groups in total. The van der Waals surface area contributed by atoms with E-state index in [1.807, 2.05) is 4.90 Å². The Morgan fingerprint density at radius 2 is 1.73 bits per heavy atom. The number of amides is 1. The quantitative estimate of drug-likeness (QED) is 0.848. The third kappa shape index (κ3) is 3.38. The number of thiophene rings is 1. The fourth-order valence-electron chi connectivity index (χ4n) is 3.81. The summed E-state index contributed by atoms with van der Waals surface area (Å²) in [4.78, 5) is 14.4. The molecule has 122 valence electrons. The maximum Gasteiger partial charge on any atom is 0.254 e. The van der Waals surface area contributed by atoms with Gasteiger partial charge in [-0.2, -0.15) is 0 Å². The molecule has 2 heterocycles. The molecule has 1 aliphatic carbocycles. The van der Waals surface area contributed by atoms with Gasteiger partial charge in [-0.05, 0) is 30.7 Å². The summed E-state index contributed by atoms with van der Waals surface area (Å²) in [6, 6.07) is 1.52. The van der Waals surface area contributed by atoms with Gasteiger partial charge in [0.15, 0.2) is 9.84 Å². The molecule has 6 heteroatoms. The van der Waals surface area contributed by atoms with Crippen molar-refractivity contribution < 1.29 is 13.2 Å². The molecule has 2 aliphatic rings. The smallest absolute Gasteiger partial charge is 0.254 e. The van der Waals surface area contributed by atoms with Crippen LogP contribution < -0.4 is 0 Å². The Morgan fingerprint density at radius 1 is 1.14 bits per heavy atom. The van der Waals surface area contributed by atoms with Crippen LogP contribution in [-0.4, -0.2) is 38.6 Å². The number of hydrogen-bond acceptors (Lipinski definition) is 4. The van der Waals surface area contributed by atoms with Crippen molar-refractivity contribution in [1.82, 2.24) is 4.90 Å². The summed E-state index contributed by atoms with van der Waals surface area (Å²) in [5.74, 6) is 1.63. The van der Waals surface area contributed by atoms with Gasteiger partial charge in [-0.3, -0.25) is 4.79 Å². The van der Waals surface area contributed by atoms with E-state index in [2.05, 4.69) is 0 Å². The Bertz CT molecular complexity index is 636. The summed E-state index contributed by atoms with van der Waals surface area (Å²) >= 11 is 1.13. The number of carbonyl (C=O) groups is 1. The summed E-state index contributed by atoms with van der Waals surface area (Å²) in [6.45, 7) is 1.62. The summed E-state index contributed by atoms with van der Waals surface area (Å²) in [5, 5.41) is 1.67. The Hall–Kier alpha value is -0.880. The minimum Gasteiger partial charge on any atom is -0.339 e. The molecule has 1 aromatic rings. The van der Waals surface area contributed by atoms with Gasteiger partial charge in [0.05, 0.1) is 5.56 Å². The molecule has 1 aromatic heterocycles. The molecule has 1 amide bonds. The first-order chi connectivity index (χ1) is 10.4. The normalized spacial score (nSPS) is 21.4. The maximum absolute atomic E-state index is 12.5. The summed E-state index contributed by atoms with van der Waals surface area (Å²) in [6.07, 6.45) is 8.83. The third-order valence-corrected chi connectivity index (χ3v) is 7.85. The van der Waals surface area contributed by atoms with Crippen LogP contribution in [0.2, 0.25) is 0 Å². The number of piperidine rings is 1. The second-order valence-electron chi connectivity index (χ2n) is 6.60. The highest BCUT2D eigenvalue weighted by Gasteiger charge is 2.30. The predicted molar refractivity (Wildman–Crippen MR) is 88.0 cm³/mol. The van der Waals surface area contributed by atoms with E-state index in [0.717, 1.165) is 49.1 Å². The molecular formula is C16H23NO3S2. The van der Waals surface area contributed by atoms with Crippen molar-refractivity contribution in [2.45, 2.75) is 42.7 Å². The summed E-state index contributed by atoms with van der Waals surface area (Å²) in [5.41, 5.74) is 0.518.